The maximum atomic E-state index is 11.8. The molecule has 0 saturated heterocycles. The maximum absolute atomic E-state index is 11.8. The average molecular weight is 301 g/mol. The highest BCUT2D eigenvalue weighted by molar-refractivity contribution is 5.90. The zero-order valence-corrected chi connectivity index (χ0v) is 13.0. The number of H-pyrrole nitrogens is 1. The number of anilines is 1. The third-order valence-corrected chi connectivity index (χ3v) is 3.43. The number of ether oxygens (including phenoxy) is 1. The van der Waals surface area contributed by atoms with E-state index in [1.54, 1.807) is 6.20 Å². The van der Waals surface area contributed by atoms with Crippen molar-refractivity contribution in [2.45, 2.75) is 32.6 Å². The van der Waals surface area contributed by atoms with Gasteiger partial charge in [-0.25, -0.2) is 0 Å². The molecule has 2 rings (SSSR count). The molecule has 0 spiro atoms. The van der Waals surface area contributed by atoms with E-state index in [9.17, 15) is 4.79 Å². The van der Waals surface area contributed by atoms with Gasteiger partial charge in [0.2, 0.25) is 5.91 Å². The number of hydrogen-bond donors (Lipinski definition) is 2. The Morgan fingerprint density at radius 3 is 2.86 bits per heavy atom. The van der Waals surface area contributed by atoms with E-state index in [2.05, 4.69) is 27.6 Å². The number of amides is 1. The fourth-order valence-electron chi connectivity index (χ4n) is 2.16. The Balaban J connectivity index is 1.56. The van der Waals surface area contributed by atoms with Crippen molar-refractivity contribution in [2.75, 3.05) is 18.5 Å². The molecule has 1 aromatic carbocycles. The van der Waals surface area contributed by atoms with Gasteiger partial charge in [0.15, 0.2) is 0 Å². The van der Waals surface area contributed by atoms with Gasteiger partial charge in [0.1, 0.15) is 5.82 Å². The Morgan fingerprint density at radius 1 is 1.27 bits per heavy atom. The molecule has 5 nitrogen and oxygen atoms in total. The lowest BCUT2D eigenvalue weighted by Gasteiger charge is -2.06. The number of hydrogen-bond acceptors (Lipinski definition) is 3. The van der Waals surface area contributed by atoms with Crippen LogP contribution in [0.1, 0.15) is 30.9 Å². The molecule has 1 aromatic heterocycles. The van der Waals surface area contributed by atoms with Crippen molar-refractivity contribution in [2.24, 2.45) is 0 Å². The SMILES string of the molecule is CCc1cn[nH]c1NC(=O)CCCOCCc1ccccc1. The summed E-state index contributed by atoms with van der Waals surface area (Å²) in [6.45, 7) is 3.32. The molecule has 0 unspecified atom stereocenters. The highest BCUT2D eigenvalue weighted by Crippen LogP contribution is 2.11. The van der Waals surface area contributed by atoms with Gasteiger partial charge >= 0.3 is 0 Å². The van der Waals surface area contributed by atoms with Crippen LogP contribution in [0.5, 0.6) is 0 Å². The molecule has 0 aliphatic rings. The van der Waals surface area contributed by atoms with Crippen molar-refractivity contribution in [3.8, 4) is 0 Å². The van der Waals surface area contributed by atoms with Gasteiger partial charge in [-0.05, 0) is 24.8 Å². The number of nitrogens with zero attached hydrogens (tertiary/aromatic N) is 1. The molecule has 0 aliphatic carbocycles. The summed E-state index contributed by atoms with van der Waals surface area (Å²) >= 11 is 0. The Bertz CT molecular complexity index is 566. The fourth-order valence-corrected chi connectivity index (χ4v) is 2.16. The molecule has 5 heteroatoms. The number of aromatic nitrogens is 2. The minimum Gasteiger partial charge on any atom is -0.381 e. The fraction of sp³-hybridized carbons (Fsp3) is 0.412. The number of carbonyl (C=O) groups is 1. The lowest BCUT2D eigenvalue weighted by molar-refractivity contribution is -0.116. The van der Waals surface area contributed by atoms with Gasteiger partial charge in [-0.1, -0.05) is 37.3 Å². The first-order chi connectivity index (χ1) is 10.8. The molecule has 118 valence electrons. The molecule has 22 heavy (non-hydrogen) atoms. The van der Waals surface area contributed by atoms with Gasteiger partial charge < -0.3 is 10.1 Å². The van der Waals surface area contributed by atoms with E-state index in [4.69, 9.17) is 4.74 Å². The first-order valence-corrected chi connectivity index (χ1v) is 7.73. The Hall–Kier alpha value is -2.14. The number of rotatable bonds is 9. The van der Waals surface area contributed by atoms with E-state index < -0.39 is 0 Å². The van der Waals surface area contributed by atoms with Crippen molar-refractivity contribution in [1.29, 1.82) is 0 Å². The summed E-state index contributed by atoms with van der Waals surface area (Å²) in [5.41, 5.74) is 2.29. The molecule has 0 saturated carbocycles. The summed E-state index contributed by atoms with van der Waals surface area (Å²) in [6.07, 6.45) is 4.65. The second-order valence-electron chi connectivity index (χ2n) is 5.12. The van der Waals surface area contributed by atoms with E-state index in [1.807, 2.05) is 25.1 Å². The summed E-state index contributed by atoms with van der Waals surface area (Å²) in [4.78, 5) is 11.8. The van der Waals surface area contributed by atoms with Crippen LogP contribution in [0, 0.1) is 0 Å². The third-order valence-electron chi connectivity index (χ3n) is 3.43. The Kier molecular flexibility index (Phi) is 6.64. The van der Waals surface area contributed by atoms with E-state index in [0.717, 1.165) is 24.8 Å². The summed E-state index contributed by atoms with van der Waals surface area (Å²) in [7, 11) is 0. The summed E-state index contributed by atoms with van der Waals surface area (Å²) in [6, 6.07) is 10.2. The number of aryl methyl sites for hydroxylation is 1. The van der Waals surface area contributed by atoms with E-state index in [-0.39, 0.29) is 5.91 Å². The van der Waals surface area contributed by atoms with E-state index in [0.29, 0.717) is 25.5 Å². The molecule has 0 atom stereocenters. The zero-order chi connectivity index (χ0) is 15.6. The number of benzene rings is 1. The zero-order valence-electron chi connectivity index (χ0n) is 13.0. The van der Waals surface area contributed by atoms with Crippen molar-refractivity contribution < 1.29 is 9.53 Å². The van der Waals surface area contributed by atoms with Crippen LogP contribution in [-0.4, -0.2) is 29.3 Å². The summed E-state index contributed by atoms with van der Waals surface area (Å²) in [5, 5.41) is 9.58. The highest BCUT2D eigenvalue weighted by Gasteiger charge is 2.07. The molecular formula is C17H23N3O2. The second kappa shape index (κ2) is 9.00. The van der Waals surface area contributed by atoms with Crippen LogP contribution in [0.25, 0.3) is 0 Å². The van der Waals surface area contributed by atoms with Gasteiger partial charge in [0.25, 0.3) is 0 Å². The minimum absolute atomic E-state index is 0.00870. The van der Waals surface area contributed by atoms with Crippen LogP contribution < -0.4 is 5.32 Å². The molecule has 0 radical (unpaired) electrons. The predicted octanol–water partition coefficient (Wildman–Crippen LogP) is 2.95. The summed E-state index contributed by atoms with van der Waals surface area (Å²) in [5.74, 6) is 0.697. The third kappa shape index (κ3) is 5.33. The van der Waals surface area contributed by atoms with Crippen LogP contribution in [-0.2, 0) is 22.4 Å². The molecule has 0 aliphatic heterocycles. The molecule has 2 N–H and O–H groups in total. The molecule has 0 bridgehead atoms. The summed E-state index contributed by atoms with van der Waals surface area (Å²) < 4.78 is 5.57. The molecule has 0 fully saturated rings. The standard InChI is InChI=1S/C17H23N3O2/c1-2-15-13-18-20-17(15)19-16(21)9-6-11-22-12-10-14-7-4-3-5-8-14/h3-5,7-8,13H,2,6,9-12H2,1H3,(H2,18,19,20,21). The molecule has 1 heterocycles. The highest BCUT2D eigenvalue weighted by atomic mass is 16.5. The number of carbonyl (C=O) groups excluding carboxylic acids is 1. The van der Waals surface area contributed by atoms with Crippen LogP contribution in [0.4, 0.5) is 5.82 Å². The topological polar surface area (TPSA) is 67.0 Å². The minimum atomic E-state index is -0.00870. The Labute approximate surface area is 131 Å². The van der Waals surface area contributed by atoms with Crippen molar-refractivity contribution in [3.63, 3.8) is 0 Å². The van der Waals surface area contributed by atoms with Gasteiger partial charge in [0.05, 0.1) is 12.8 Å². The largest absolute Gasteiger partial charge is 0.381 e. The van der Waals surface area contributed by atoms with Crippen molar-refractivity contribution >= 4 is 11.7 Å². The lowest BCUT2D eigenvalue weighted by Crippen LogP contribution is -2.14. The van der Waals surface area contributed by atoms with Crippen LogP contribution in [0.3, 0.4) is 0 Å². The second-order valence-corrected chi connectivity index (χ2v) is 5.12. The van der Waals surface area contributed by atoms with Crippen LogP contribution in [0.15, 0.2) is 36.5 Å². The van der Waals surface area contributed by atoms with Gasteiger partial charge in [-0.15, -0.1) is 0 Å². The van der Waals surface area contributed by atoms with Crippen molar-refractivity contribution in [1.82, 2.24) is 10.2 Å². The van der Waals surface area contributed by atoms with E-state index >= 15 is 0 Å². The van der Waals surface area contributed by atoms with Crippen molar-refractivity contribution in [3.05, 3.63) is 47.7 Å². The quantitative estimate of drug-likeness (QED) is 0.700. The van der Waals surface area contributed by atoms with Crippen LogP contribution in [0.2, 0.25) is 0 Å². The van der Waals surface area contributed by atoms with Gasteiger partial charge in [-0.2, -0.15) is 5.10 Å². The molecular weight excluding hydrogens is 278 g/mol. The molecule has 2 aromatic rings. The predicted molar refractivity (Wildman–Crippen MR) is 86.8 cm³/mol. The number of nitrogens with one attached hydrogen (secondary N) is 2. The smallest absolute Gasteiger partial charge is 0.225 e. The molecule has 1 amide bonds. The van der Waals surface area contributed by atoms with Gasteiger partial charge in [-0.3, -0.25) is 9.89 Å². The monoisotopic (exact) mass is 301 g/mol. The number of aromatic amines is 1. The van der Waals surface area contributed by atoms with Gasteiger partial charge in [0, 0.05) is 18.6 Å². The van der Waals surface area contributed by atoms with E-state index in [1.165, 1.54) is 5.56 Å². The Morgan fingerprint density at radius 2 is 2.09 bits per heavy atom. The lowest BCUT2D eigenvalue weighted by atomic mass is 10.2. The van der Waals surface area contributed by atoms with Crippen LogP contribution >= 0.6 is 0 Å². The average Bonchev–Trinajstić information content (AvgIpc) is 2.99. The maximum Gasteiger partial charge on any atom is 0.225 e. The first kappa shape index (κ1) is 16.2. The normalized spacial score (nSPS) is 10.6. The first-order valence-electron chi connectivity index (χ1n) is 7.73.